The van der Waals surface area contributed by atoms with Crippen LogP contribution < -0.4 is 4.90 Å². The van der Waals surface area contributed by atoms with E-state index in [9.17, 15) is 4.79 Å². The lowest BCUT2D eigenvalue weighted by Gasteiger charge is -2.33. The average molecular weight is 354 g/mol. The Morgan fingerprint density at radius 3 is 1.74 bits per heavy atom. The van der Waals surface area contributed by atoms with Gasteiger partial charge in [-0.1, -0.05) is 72.8 Å². The third kappa shape index (κ3) is 3.77. The van der Waals surface area contributed by atoms with Crippen LogP contribution >= 0.6 is 0 Å². The number of hydrogen-bond donors (Lipinski definition) is 0. The summed E-state index contributed by atoms with van der Waals surface area (Å²) in [7, 11) is 0. The van der Waals surface area contributed by atoms with E-state index in [1.54, 1.807) is 4.90 Å². The number of anilines is 2. The van der Waals surface area contributed by atoms with Gasteiger partial charge in [0.05, 0.1) is 11.4 Å². The first-order chi connectivity index (χ1) is 13.3. The fourth-order valence-electron chi connectivity index (χ4n) is 3.42. The second-order valence-corrected chi connectivity index (χ2v) is 6.58. The minimum atomic E-state index is 0.00996. The molecule has 3 heteroatoms. The molecule has 0 N–H and O–H groups in total. The lowest BCUT2D eigenvalue weighted by molar-refractivity contribution is 0.212. The van der Waals surface area contributed by atoms with Crippen molar-refractivity contribution in [2.45, 2.75) is 6.42 Å². The highest BCUT2D eigenvalue weighted by atomic mass is 16.2. The maximum Gasteiger partial charge on any atom is 0.329 e. The van der Waals surface area contributed by atoms with E-state index in [4.69, 9.17) is 0 Å². The number of urea groups is 1. The zero-order valence-corrected chi connectivity index (χ0v) is 15.2. The van der Waals surface area contributed by atoms with Gasteiger partial charge in [-0.05, 0) is 41.8 Å². The van der Waals surface area contributed by atoms with Crippen molar-refractivity contribution < 1.29 is 4.79 Å². The van der Waals surface area contributed by atoms with Crippen molar-refractivity contribution in [3.8, 4) is 0 Å². The lowest BCUT2D eigenvalue weighted by Crippen LogP contribution is -2.43. The first kappa shape index (κ1) is 17.1. The number of rotatable bonds is 3. The maximum absolute atomic E-state index is 13.4. The molecule has 2 amide bonds. The van der Waals surface area contributed by atoms with Crippen molar-refractivity contribution in [3.05, 3.63) is 103 Å². The van der Waals surface area contributed by atoms with Crippen molar-refractivity contribution >= 4 is 23.0 Å². The Balaban J connectivity index is 1.59. The zero-order valence-electron chi connectivity index (χ0n) is 15.2. The molecule has 4 rings (SSSR count). The number of nitrogens with zero attached hydrogens (tertiary/aromatic N) is 2. The highest BCUT2D eigenvalue weighted by Gasteiger charge is 2.25. The Morgan fingerprint density at radius 1 is 0.741 bits per heavy atom. The van der Waals surface area contributed by atoms with E-state index in [0.29, 0.717) is 6.54 Å². The number of para-hydroxylation sites is 2. The summed E-state index contributed by atoms with van der Waals surface area (Å²) < 4.78 is 0. The van der Waals surface area contributed by atoms with Gasteiger partial charge in [0.1, 0.15) is 0 Å². The van der Waals surface area contributed by atoms with Gasteiger partial charge in [0.15, 0.2) is 0 Å². The Labute approximate surface area is 160 Å². The van der Waals surface area contributed by atoms with Gasteiger partial charge in [-0.25, -0.2) is 4.79 Å². The molecule has 27 heavy (non-hydrogen) atoms. The second kappa shape index (κ2) is 7.92. The second-order valence-electron chi connectivity index (χ2n) is 6.58. The van der Waals surface area contributed by atoms with Crippen LogP contribution in [0.5, 0.6) is 0 Å². The summed E-state index contributed by atoms with van der Waals surface area (Å²) in [6, 6.07) is 30.1. The van der Waals surface area contributed by atoms with Gasteiger partial charge in [-0.3, -0.25) is 4.90 Å². The zero-order chi connectivity index (χ0) is 18.5. The van der Waals surface area contributed by atoms with Crippen LogP contribution in [-0.4, -0.2) is 24.0 Å². The van der Waals surface area contributed by atoms with E-state index in [1.165, 1.54) is 11.1 Å². The molecule has 3 nitrogen and oxygen atoms in total. The van der Waals surface area contributed by atoms with Crippen molar-refractivity contribution in [3.63, 3.8) is 0 Å². The SMILES string of the molecule is O=C(N1CC=C(c2ccccc2)CC1)N(c1ccccc1)c1ccccc1. The first-order valence-corrected chi connectivity index (χ1v) is 9.26. The molecule has 0 atom stereocenters. The van der Waals surface area contributed by atoms with Crippen LogP contribution in [0.3, 0.4) is 0 Å². The minimum absolute atomic E-state index is 0.00996. The molecular weight excluding hydrogens is 332 g/mol. The Morgan fingerprint density at radius 2 is 1.26 bits per heavy atom. The van der Waals surface area contributed by atoms with E-state index >= 15 is 0 Å². The monoisotopic (exact) mass is 354 g/mol. The quantitative estimate of drug-likeness (QED) is 0.589. The molecule has 1 aliphatic rings. The van der Waals surface area contributed by atoms with Gasteiger partial charge in [-0.15, -0.1) is 0 Å². The van der Waals surface area contributed by atoms with Crippen molar-refractivity contribution in [2.24, 2.45) is 0 Å². The third-order valence-electron chi connectivity index (χ3n) is 4.84. The Kier molecular flexibility index (Phi) is 5.01. The normalized spacial score (nSPS) is 13.8. The number of benzene rings is 3. The molecule has 0 saturated carbocycles. The van der Waals surface area contributed by atoms with E-state index in [1.807, 2.05) is 71.6 Å². The van der Waals surface area contributed by atoms with E-state index in [0.717, 1.165) is 24.3 Å². The third-order valence-corrected chi connectivity index (χ3v) is 4.84. The topological polar surface area (TPSA) is 23.6 Å². The maximum atomic E-state index is 13.4. The number of amides is 2. The highest BCUT2D eigenvalue weighted by Crippen LogP contribution is 2.28. The number of carbonyl (C=O) groups is 1. The smallest absolute Gasteiger partial charge is 0.320 e. The van der Waals surface area contributed by atoms with Crippen LogP contribution in [0, 0.1) is 0 Å². The van der Waals surface area contributed by atoms with Crippen LogP contribution in [0.2, 0.25) is 0 Å². The summed E-state index contributed by atoms with van der Waals surface area (Å²) in [5, 5.41) is 0. The van der Waals surface area contributed by atoms with Gasteiger partial charge < -0.3 is 4.90 Å². The van der Waals surface area contributed by atoms with Gasteiger partial charge in [0.2, 0.25) is 0 Å². The van der Waals surface area contributed by atoms with E-state index < -0.39 is 0 Å². The fraction of sp³-hybridized carbons (Fsp3) is 0.125. The predicted octanol–water partition coefficient (Wildman–Crippen LogP) is 5.73. The molecule has 0 spiro atoms. The van der Waals surface area contributed by atoms with E-state index in [-0.39, 0.29) is 6.03 Å². The lowest BCUT2D eigenvalue weighted by atomic mass is 10.00. The fourth-order valence-corrected chi connectivity index (χ4v) is 3.42. The molecule has 1 aliphatic heterocycles. The molecule has 0 bridgehead atoms. The molecule has 3 aromatic rings. The molecule has 3 aromatic carbocycles. The molecule has 0 fully saturated rings. The molecule has 0 radical (unpaired) electrons. The average Bonchev–Trinajstić information content (AvgIpc) is 2.76. The Hall–Kier alpha value is -3.33. The number of carbonyl (C=O) groups excluding carboxylic acids is 1. The van der Waals surface area contributed by atoms with Crippen molar-refractivity contribution in [2.75, 3.05) is 18.0 Å². The van der Waals surface area contributed by atoms with Gasteiger partial charge in [0, 0.05) is 13.1 Å². The van der Waals surface area contributed by atoms with Crippen LogP contribution in [-0.2, 0) is 0 Å². The largest absolute Gasteiger partial charge is 0.329 e. The summed E-state index contributed by atoms with van der Waals surface area (Å²) in [5.41, 5.74) is 4.32. The molecule has 0 saturated heterocycles. The summed E-state index contributed by atoms with van der Waals surface area (Å²) in [5.74, 6) is 0. The van der Waals surface area contributed by atoms with Crippen LogP contribution in [0.25, 0.3) is 5.57 Å². The van der Waals surface area contributed by atoms with Crippen molar-refractivity contribution in [1.29, 1.82) is 0 Å². The van der Waals surface area contributed by atoms with Crippen LogP contribution in [0.1, 0.15) is 12.0 Å². The molecule has 0 aromatic heterocycles. The number of hydrogen-bond acceptors (Lipinski definition) is 1. The minimum Gasteiger partial charge on any atom is -0.320 e. The van der Waals surface area contributed by atoms with Crippen molar-refractivity contribution in [1.82, 2.24) is 4.90 Å². The van der Waals surface area contributed by atoms with E-state index in [2.05, 4.69) is 30.3 Å². The van der Waals surface area contributed by atoms with Gasteiger partial charge >= 0.3 is 6.03 Å². The standard InChI is InChI=1S/C24H22N2O/c27-24(25-18-16-21(17-19-25)20-10-4-1-5-11-20)26(22-12-6-2-7-13-22)23-14-8-3-9-15-23/h1-16H,17-19H2. The predicted molar refractivity (Wildman–Crippen MR) is 111 cm³/mol. The van der Waals surface area contributed by atoms with Gasteiger partial charge in [-0.2, -0.15) is 0 Å². The first-order valence-electron chi connectivity index (χ1n) is 9.26. The summed E-state index contributed by atoms with van der Waals surface area (Å²) in [4.78, 5) is 17.1. The van der Waals surface area contributed by atoms with Crippen LogP contribution in [0.4, 0.5) is 16.2 Å². The van der Waals surface area contributed by atoms with Crippen LogP contribution in [0.15, 0.2) is 97.1 Å². The molecule has 0 aliphatic carbocycles. The Bertz CT molecular complexity index is 881. The summed E-state index contributed by atoms with van der Waals surface area (Å²) >= 11 is 0. The molecular formula is C24H22N2O. The molecule has 0 unspecified atom stereocenters. The molecule has 134 valence electrons. The highest BCUT2D eigenvalue weighted by molar-refractivity contribution is 5.99. The summed E-state index contributed by atoms with van der Waals surface area (Å²) in [6.45, 7) is 1.34. The summed E-state index contributed by atoms with van der Waals surface area (Å²) in [6.07, 6.45) is 3.04. The van der Waals surface area contributed by atoms with Gasteiger partial charge in [0.25, 0.3) is 0 Å². The molecule has 1 heterocycles.